The van der Waals surface area contributed by atoms with Gasteiger partial charge in [-0.25, -0.2) is 10.3 Å². The zero-order chi connectivity index (χ0) is 24.7. The first-order valence-electron chi connectivity index (χ1n) is 11.4. The lowest BCUT2D eigenvalue weighted by Crippen LogP contribution is -2.48. The molecule has 8 heteroatoms. The zero-order valence-corrected chi connectivity index (χ0v) is 20.9. The topological polar surface area (TPSA) is 79.0 Å². The second-order valence-corrected chi connectivity index (χ2v) is 9.46. The minimum Gasteiger partial charge on any atom is -0.495 e. The van der Waals surface area contributed by atoms with E-state index in [0.29, 0.717) is 17.0 Å². The number of hydrogen-bond donors (Lipinski definition) is 1. The van der Waals surface area contributed by atoms with Gasteiger partial charge in [0, 0.05) is 10.0 Å². The Bertz CT molecular complexity index is 1310. The van der Waals surface area contributed by atoms with Crippen LogP contribution < -0.4 is 15.1 Å². The SMILES string of the molecule is CCc1ccc(C2NN(C(=O)c3cccc(Br)c3)C3C(=O)N(c4ccccc4OC)C(=O)C23)cc1. The van der Waals surface area contributed by atoms with Crippen LogP contribution in [0.2, 0.25) is 0 Å². The van der Waals surface area contributed by atoms with E-state index in [2.05, 4.69) is 28.3 Å². The number of amides is 3. The lowest BCUT2D eigenvalue weighted by Gasteiger charge is -2.26. The maximum absolute atomic E-state index is 13.8. The molecule has 7 nitrogen and oxygen atoms in total. The molecule has 0 spiro atoms. The summed E-state index contributed by atoms with van der Waals surface area (Å²) in [5, 5.41) is 1.32. The summed E-state index contributed by atoms with van der Waals surface area (Å²) < 4.78 is 6.17. The molecule has 35 heavy (non-hydrogen) atoms. The molecule has 3 aromatic rings. The fourth-order valence-corrected chi connectivity index (χ4v) is 5.22. The van der Waals surface area contributed by atoms with Gasteiger partial charge in [0.25, 0.3) is 11.8 Å². The first kappa shape index (κ1) is 23.3. The molecule has 3 unspecified atom stereocenters. The smallest absolute Gasteiger partial charge is 0.268 e. The van der Waals surface area contributed by atoms with E-state index in [9.17, 15) is 14.4 Å². The largest absolute Gasteiger partial charge is 0.495 e. The molecule has 3 atom stereocenters. The molecule has 0 radical (unpaired) electrons. The summed E-state index contributed by atoms with van der Waals surface area (Å²) in [5.74, 6) is -1.58. The van der Waals surface area contributed by atoms with Crippen LogP contribution in [0.25, 0.3) is 0 Å². The number of rotatable bonds is 5. The van der Waals surface area contributed by atoms with E-state index >= 15 is 0 Å². The number of hydrazine groups is 1. The molecular formula is C27H24BrN3O4. The zero-order valence-electron chi connectivity index (χ0n) is 19.3. The molecule has 1 N–H and O–H groups in total. The second-order valence-electron chi connectivity index (χ2n) is 8.54. The number of nitrogens with zero attached hydrogens (tertiary/aromatic N) is 2. The molecule has 0 saturated carbocycles. The Labute approximate surface area is 211 Å². The molecular weight excluding hydrogens is 510 g/mol. The van der Waals surface area contributed by atoms with Crippen molar-refractivity contribution in [2.24, 2.45) is 5.92 Å². The van der Waals surface area contributed by atoms with E-state index in [4.69, 9.17) is 4.74 Å². The van der Waals surface area contributed by atoms with Crippen molar-refractivity contribution in [3.63, 3.8) is 0 Å². The van der Waals surface area contributed by atoms with Crippen molar-refractivity contribution in [3.8, 4) is 5.75 Å². The van der Waals surface area contributed by atoms with Crippen molar-refractivity contribution < 1.29 is 19.1 Å². The van der Waals surface area contributed by atoms with E-state index in [0.717, 1.165) is 26.9 Å². The van der Waals surface area contributed by atoms with Gasteiger partial charge in [0.05, 0.1) is 24.8 Å². The number of fused-ring (bicyclic) bond motifs is 1. The maximum Gasteiger partial charge on any atom is 0.268 e. The van der Waals surface area contributed by atoms with Crippen LogP contribution >= 0.6 is 15.9 Å². The molecule has 3 amide bonds. The Morgan fingerprint density at radius 2 is 1.74 bits per heavy atom. The normalized spacial score (nSPS) is 21.4. The second kappa shape index (κ2) is 9.28. The van der Waals surface area contributed by atoms with Gasteiger partial charge in [-0.05, 0) is 47.9 Å². The van der Waals surface area contributed by atoms with Crippen LogP contribution in [0.15, 0.2) is 77.3 Å². The minimum atomic E-state index is -0.991. The number of methoxy groups -OCH3 is 1. The van der Waals surface area contributed by atoms with E-state index < -0.39 is 23.9 Å². The fraction of sp³-hybridized carbons (Fsp3) is 0.222. The van der Waals surface area contributed by atoms with Gasteiger partial charge < -0.3 is 4.74 Å². The van der Waals surface area contributed by atoms with Gasteiger partial charge in [0.15, 0.2) is 0 Å². The molecule has 2 aliphatic rings. The summed E-state index contributed by atoms with van der Waals surface area (Å²) in [7, 11) is 1.49. The summed E-state index contributed by atoms with van der Waals surface area (Å²) in [6.07, 6.45) is 0.886. The van der Waals surface area contributed by atoms with Gasteiger partial charge in [-0.3, -0.25) is 19.4 Å². The summed E-state index contributed by atoms with van der Waals surface area (Å²) in [5.41, 5.74) is 5.97. The molecule has 0 bridgehead atoms. The molecule has 2 heterocycles. The maximum atomic E-state index is 13.8. The van der Waals surface area contributed by atoms with Crippen LogP contribution in [-0.4, -0.2) is 35.9 Å². The Hall–Kier alpha value is -3.49. The fourth-order valence-electron chi connectivity index (χ4n) is 4.82. The predicted molar refractivity (Wildman–Crippen MR) is 135 cm³/mol. The highest BCUT2D eigenvalue weighted by Gasteiger charge is 2.60. The highest BCUT2D eigenvalue weighted by molar-refractivity contribution is 9.10. The molecule has 3 aromatic carbocycles. The number of para-hydroxylation sites is 2. The lowest BCUT2D eigenvalue weighted by molar-refractivity contribution is -0.123. The quantitative estimate of drug-likeness (QED) is 0.495. The predicted octanol–water partition coefficient (Wildman–Crippen LogP) is 4.28. The summed E-state index contributed by atoms with van der Waals surface area (Å²) in [6.45, 7) is 2.07. The number of aryl methyl sites for hydroxylation is 1. The minimum absolute atomic E-state index is 0.369. The average molecular weight is 534 g/mol. The molecule has 0 aliphatic carbocycles. The van der Waals surface area contributed by atoms with Crippen molar-refractivity contribution in [1.29, 1.82) is 0 Å². The number of ether oxygens (including phenoxy) is 1. The van der Waals surface area contributed by atoms with E-state index in [1.165, 1.54) is 12.1 Å². The summed E-state index contributed by atoms with van der Waals surface area (Å²) in [4.78, 5) is 42.3. The van der Waals surface area contributed by atoms with Gasteiger partial charge in [0.1, 0.15) is 11.8 Å². The Kier molecular flexibility index (Phi) is 6.17. The monoisotopic (exact) mass is 533 g/mol. The van der Waals surface area contributed by atoms with Gasteiger partial charge >= 0.3 is 0 Å². The highest BCUT2D eigenvalue weighted by Crippen LogP contribution is 2.44. The number of imide groups is 1. The van der Waals surface area contributed by atoms with Crippen molar-refractivity contribution in [1.82, 2.24) is 10.4 Å². The molecule has 0 aromatic heterocycles. The summed E-state index contributed by atoms with van der Waals surface area (Å²) in [6, 6.07) is 20.2. The number of carbonyl (C=O) groups is 3. The van der Waals surface area contributed by atoms with Crippen molar-refractivity contribution in [3.05, 3.63) is 94.0 Å². The van der Waals surface area contributed by atoms with Gasteiger partial charge in [-0.1, -0.05) is 65.3 Å². The number of anilines is 1. The van der Waals surface area contributed by atoms with Gasteiger partial charge in [-0.2, -0.15) is 0 Å². The first-order valence-corrected chi connectivity index (χ1v) is 12.2. The summed E-state index contributed by atoms with van der Waals surface area (Å²) >= 11 is 3.40. The van der Waals surface area contributed by atoms with Gasteiger partial charge in [0.2, 0.25) is 5.91 Å². The molecule has 2 fully saturated rings. The molecule has 178 valence electrons. The number of hydrogen-bond acceptors (Lipinski definition) is 5. The third kappa shape index (κ3) is 3.92. The van der Waals surface area contributed by atoms with E-state index in [1.54, 1.807) is 42.5 Å². The third-order valence-electron chi connectivity index (χ3n) is 6.60. The Morgan fingerprint density at radius 1 is 1.00 bits per heavy atom. The molecule has 5 rings (SSSR count). The number of nitrogens with one attached hydrogen (secondary N) is 1. The van der Waals surface area contributed by atoms with Crippen molar-refractivity contribution >= 4 is 39.3 Å². The lowest BCUT2D eigenvalue weighted by atomic mass is 9.90. The van der Waals surface area contributed by atoms with Crippen LogP contribution in [0.5, 0.6) is 5.75 Å². The standard InChI is InChI=1S/C27H24BrN3O4/c1-3-16-11-13-17(14-12-16)23-22-24(31(29-23)25(32)18-7-6-8-19(28)15-18)27(34)30(26(22)33)20-9-4-5-10-21(20)35-2/h4-15,22-24,29H,3H2,1-2H3. The van der Waals surface area contributed by atoms with Crippen LogP contribution in [0.4, 0.5) is 5.69 Å². The number of halogens is 1. The van der Waals surface area contributed by atoms with Crippen molar-refractivity contribution in [2.45, 2.75) is 25.4 Å². The average Bonchev–Trinajstić information content (AvgIpc) is 3.40. The third-order valence-corrected chi connectivity index (χ3v) is 7.09. The Balaban J connectivity index is 1.59. The Morgan fingerprint density at radius 3 is 2.43 bits per heavy atom. The highest BCUT2D eigenvalue weighted by atomic mass is 79.9. The van der Waals surface area contributed by atoms with Crippen LogP contribution in [0, 0.1) is 5.92 Å². The van der Waals surface area contributed by atoms with Crippen LogP contribution in [-0.2, 0) is 16.0 Å². The van der Waals surface area contributed by atoms with Crippen molar-refractivity contribution in [2.75, 3.05) is 12.0 Å². The molecule has 2 saturated heterocycles. The van der Waals surface area contributed by atoms with Gasteiger partial charge in [-0.15, -0.1) is 0 Å². The number of benzene rings is 3. The van der Waals surface area contributed by atoms with Crippen LogP contribution in [0.1, 0.15) is 34.5 Å². The van der Waals surface area contributed by atoms with E-state index in [-0.39, 0.29) is 11.8 Å². The van der Waals surface area contributed by atoms with Crippen LogP contribution in [0.3, 0.4) is 0 Å². The first-order chi connectivity index (χ1) is 16.9. The van der Waals surface area contributed by atoms with E-state index in [1.807, 2.05) is 30.3 Å². The number of carbonyl (C=O) groups excluding carboxylic acids is 3. The molecule has 2 aliphatic heterocycles.